The van der Waals surface area contributed by atoms with Crippen molar-refractivity contribution in [2.24, 2.45) is 0 Å². The highest BCUT2D eigenvalue weighted by atomic mass is 16.6. The standard InChI is InChI=1S/C10H7N3O4/c14-12(15)4-3-7-6-11-10-2-1-8(13(16)17)5-9(7)10/h1-6,11H/b4-3+. The van der Waals surface area contributed by atoms with Crippen LogP contribution in [0.15, 0.2) is 30.6 Å². The molecule has 2 rings (SSSR count). The van der Waals surface area contributed by atoms with Gasteiger partial charge in [-0.2, -0.15) is 0 Å². The molecular weight excluding hydrogens is 226 g/mol. The van der Waals surface area contributed by atoms with Crippen LogP contribution in [0.2, 0.25) is 0 Å². The summed E-state index contributed by atoms with van der Waals surface area (Å²) in [6.45, 7) is 0. The molecule has 0 saturated heterocycles. The maximum atomic E-state index is 10.6. The van der Waals surface area contributed by atoms with Gasteiger partial charge in [-0.3, -0.25) is 20.2 Å². The van der Waals surface area contributed by atoms with Gasteiger partial charge in [0.1, 0.15) is 0 Å². The average Bonchev–Trinajstić information content (AvgIpc) is 2.68. The van der Waals surface area contributed by atoms with E-state index in [0.717, 1.165) is 6.20 Å². The minimum Gasteiger partial charge on any atom is -0.361 e. The van der Waals surface area contributed by atoms with Gasteiger partial charge in [0, 0.05) is 40.9 Å². The number of hydrogen-bond acceptors (Lipinski definition) is 4. The smallest absolute Gasteiger partial charge is 0.270 e. The molecule has 1 aromatic heterocycles. The van der Waals surface area contributed by atoms with Crippen molar-refractivity contribution in [3.8, 4) is 0 Å². The van der Waals surface area contributed by atoms with Gasteiger partial charge in [0.05, 0.1) is 9.85 Å². The van der Waals surface area contributed by atoms with Gasteiger partial charge in [-0.1, -0.05) is 0 Å². The van der Waals surface area contributed by atoms with Crippen molar-refractivity contribution in [3.05, 3.63) is 56.4 Å². The molecule has 0 aliphatic heterocycles. The summed E-state index contributed by atoms with van der Waals surface area (Å²) in [7, 11) is 0. The molecule has 0 aliphatic carbocycles. The van der Waals surface area contributed by atoms with E-state index in [1.807, 2.05) is 0 Å². The molecule has 86 valence electrons. The lowest BCUT2D eigenvalue weighted by molar-refractivity contribution is -0.400. The van der Waals surface area contributed by atoms with E-state index in [1.54, 1.807) is 12.3 Å². The van der Waals surface area contributed by atoms with E-state index < -0.39 is 9.85 Å². The fraction of sp³-hybridized carbons (Fsp3) is 0. The second kappa shape index (κ2) is 4.05. The third-order valence-electron chi connectivity index (χ3n) is 2.28. The van der Waals surface area contributed by atoms with E-state index in [-0.39, 0.29) is 5.69 Å². The Morgan fingerprint density at radius 3 is 2.65 bits per heavy atom. The quantitative estimate of drug-likeness (QED) is 0.648. The minimum absolute atomic E-state index is 0.0483. The van der Waals surface area contributed by atoms with E-state index in [9.17, 15) is 20.2 Å². The lowest BCUT2D eigenvalue weighted by Gasteiger charge is -1.93. The molecule has 17 heavy (non-hydrogen) atoms. The number of nitrogens with one attached hydrogen (secondary N) is 1. The summed E-state index contributed by atoms with van der Waals surface area (Å²) in [5.41, 5.74) is 1.19. The maximum Gasteiger partial charge on any atom is 0.270 e. The third-order valence-corrected chi connectivity index (χ3v) is 2.28. The van der Waals surface area contributed by atoms with Crippen molar-refractivity contribution in [2.45, 2.75) is 0 Å². The van der Waals surface area contributed by atoms with E-state index in [2.05, 4.69) is 4.98 Å². The lowest BCUT2D eigenvalue weighted by Crippen LogP contribution is -1.87. The summed E-state index contributed by atoms with van der Waals surface area (Å²) in [4.78, 5) is 22.6. The maximum absolute atomic E-state index is 10.6. The number of nitro groups is 2. The zero-order chi connectivity index (χ0) is 12.4. The fourth-order valence-corrected chi connectivity index (χ4v) is 1.52. The SMILES string of the molecule is O=[N+]([O-])/C=C/c1c[nH]c2ccc([N+](=O)[O-])cc12. The van der Waals surface area contributed by atoms with Gasteiger partial charge in [0.15, 0.2) is 0 Å². The number of H-pyrrole nitrogens is 1. The molecule has 2 aromatic rings. The number of nitrogens with zero attached hydrogens (tertiary/aromatic N) is 2. The zero-order valence-corrected chi connectivity index (χ0v) is 8.49. The normalized spacial score (nSPS) is 11.1. The van der Waals surface area contributed by atoms with Crippen molar-refractivity contribution >= 4 is 22.7 Å². The first kappa shape index (κ1) is 10.8. The Morgan fingerprint density at radius 2 is 2.00 bits per heavy atom. The van der Waals surface area contributed by atoms with E-state index in [4.69, 9.17) is 0 Å². The summed E-state index contributed by atoms with van der Waals surface area (Å²) in [5.74, 6) is 0. The molecule has 0 bridgehead atoms. The number of benzene rings is 1. The van der Waals surface area contributed by atoms with Crippen LogP contribution in [0.4, 0.5) is 5.69 Å². The first-order valence-electron chi connectivity index (χ1n) is 4.65. The highest BCUT2D eigenvalue weighted by Crippen LogP contribution is 2.24. The van der Waals surface area contributed by atoms with Gasteiger partial charge >= 0.3 is 0 Å². The number of nitro benzene ring substituents is 1. The van der Waals surface area contributed by atoms with E-state index in [0.29, 0.717) is 16.5 Å². The zero-order valence-electron chi connectivity index (χ0n) is 8.49. The number of non-ortho nitro benzene ring substituents is 1. The Morgan fingerprint density at radius 1 is 1.24 bits per heavy atom. The number of aromatic amines is 1. The van der Waals surface area contributed by atoms with Gasteiger partial charge in [-0.25, -0.2) is 0 Å². The Labute approximate surface area is 94.7 Å². The van der Waals surface area contributed by atoms with Crippen molar-refractivity contribution < 1.29 is 9.85 Å². The number of hydrogen-bond donors (Lipinski definition) is 1. The minimum atomic E-state index is -0.587. The second-order valence-corrected chi connectivity index (χ2v) is 3.33. The average molecular weight is 233 g/mol. The highest BCUT2D eigenvalue weighted by Gasteiger charge is 2.09. The monoisotopic (exact) mass is 233 g/mol. The predicted molar refractivity (Wildman–Crippen MR) is 61.0 cm³/mol. The van der Waals surface area contributed by atoms with Crippen molar-refractivity contribution in [3.63, 3.8) is 0 Å². The van der Waals surface area contributed by atoms with Crippen LogP contribution in [0, 0.1) is 20.2 Å². The molecule has 0 amide bonds. The Kier molecular flexibility index (Phi) is 2.57. The highest BCUT2D eigenvalue weighted by molar-refractivity contribution is 5.90. The van der Waals surface area contributed by atoms with Crippen molar-refractivity contribution in [1.82, 2.24) is 4.98 Å². The van der Waals surface area contributed by atoms with Crippen LogP contribution < -0.4 is 0 Å². The van der Waals surface area contributed by atoms with Crippen LogP contribution in [0.3, 0.4) is 0 Å². The largest absolute Gasteiger partial charge is 0.361 e. The Hall–Kier alpha value is -2.70. The summed E-state index contributed by atoms with van der Waals surface area (Å²) in [5, 5.41) is 21.4. The summed E-state index contributed by atoms with van der Waals surface area (Å²) < 4.78 is 0. The van der Waals surface area contributed by atoms with Crippen molar-refractivity contribution in [2.75, 3.05) is 0 Å². The first-order chi connectivity index (χ1) is 8.08. The molecule has 0 radical (unpaired) electrons. The fourth-order valence-electron chi connectivity index (χ4n) is 1.52. The number of fused-ring (bicyclic) bond motifs is 1. The van der Waals surface area contributed by atoms with Crippen LogP contribution in [0.5, 0.6) is 0 Å². The van der Waals surface area contributed by atoms with Crippen molar-refractivity contribution in [1.29, 1.82) is 0 Å². The van der Waals surface area contributed by atoms with Crippen LogP contribution in [0.25, 0.3) is 17.0 Å². The third kappa shape index (κ3) is 2.12. The van der Waals surface area contributed by atoms with Crippen LogP contribution >= 0.6 is 0 Å². The Bertz CT molecular complexity index is 630. The topological polar surface area (TPSA) is 102 Å². The van der Waals surface area contributed by atoms with Crippen LogP contribution in [0.1, 0.15) is 5.56 Å². The van der Waals surface area contributed by atoms with Crippen LogP contribution in [-0.2, 0) is 0 Å². The molecule has 0 fully saturated rings. The molecule has 0 spiro atoms. The second-order valence-electron chi connectivity index (χ2n) is 3.33. The summed E-state index contributed by atoms with van der Waals surface area (Å²) >= 11 is 0. The Balaban J connectivity index is 2.54. The first-order valence-corrected chi connectivity index (χ1v) is 4.65. The molecule has 0 atom stereocenters. The van der Waals surface area contributed by atoms with E-state index >= 15 is 0 Å². The number of rotatable bonds is 3. The summed E-state index contributed by atoms with van der Waals surface area (Å²) in [6.07, 6.45) is 3.65. The van der Waals surface area contributed by atoms with Gasteiger partial charge in [-0.05, 0) is 6.07 Å². The molecule has 7 heteroatoms. The molecule has 1 N–H and O–H groups in total. The van der Waals surface area contributed by atoms with Gasteiger partial charge in [0.2, 0.25) is 6.20 Å². The molecule has 0 saturated carbocycles. The van der Waals surface area contributed by atoms with Gasteiger partial charge in [0.25, 0.3) is 5.69 Å². The molecule has 7 nitrogen and oxygen atoms in total. The lowest BCUT2D eigenvalue weighted by atomic mass is 10.1. The van der Waals surface area contributed by atoms with E-state index in [1.165, 1.54) is 18.2 Å². The molecule has 1 heterocycles. The predicted octanol–water partition coefficient (Wildman–Crippen LogP) is 2.32. The molecular formula is C10H7N3O4. The van der Waals surface area contributed by atoms with Gasteiger partial charge < -0.3 is 4.98 Å². The molecule has 0 aliphatic rings. The van der Waals surface area contributed by atoms with Crippen LogP contribution in [-0.4, -0.2) is 14.8 Å². The summed E-state index contributed by atoms with van der Waals surface area (Å²) in [6, 6.07) is 4.32. The number of aromatic nitrogens is 1. The van der Waals surface area contributed by atoms with Gasteiger partial charge in [-0.15, -0.1) is 0 Å². The molecule has 0 unspecified atom stereocenters. The molecule has 1 aromatic carbocycles.